The Bertz CT molecular complexity index is 462. The van der Waals surface area contributed by atoms with Crippen LogP contribution in [0.5, 0.6) is 0 Å². The zero-order valence-electron chi connectivity index (χ0n) is 8.80. The van der Waals surface area contributed by atoms with E-state index < -0.39 is 0 Å². The number of hydrogen-bond acceptors (Lipinski definition) is 5. The van der Waals surface area contributed by atoms with Crippen molar-refractivity contribution < 1.29 is 9.53 Å². The van der Waals surface area contributed by atoms with Crippen LogP contribution in [0.2, 0.25) is 0 Å². The van der Waals surface area contributed by atoms with Crippen molar-refractivity contribution in [2.24, 2.45) is 0 Å². The van der Waals surface area contributed by atoms with Crippen LogP contribution >= 0.6 is 23.1 Å². The van der Waals surface area contributed by atoms with Gasteiger partial charge in [-0.15, -0.1) is 11.3 Å². The third kappa shape index (κ3) is 2.74. The van der Waals surface area contributed by atoms with Crippen LogP contribution in [0.4, 0.5) is 0 Å². The molecular weight excluding hydrogens is 242 g/mol. The molecule has 2 aromatic rings. The first-order chi connectivity index (χ1) is 7.79. The number of thiazole rings is 1. The van der Waals surface area contributed by atoms with Crippen LogP contribution in [0.3, 0.4) is 0 Å². The molecule has 0 saturated carbocycles. The Hall–Kier alpha value is -1.07. The Morgan fingerprint density at radius 1 is 1.50 bits per heavy atom. The Kier molecular flexibility index (Phi) is 3.79. The second kappa shape index (κ2) is 5.32. The molecule has 3 nitrogen and oxygen atoms in total. The van der Waals surface area contributed by atoms with Crippen molar-refractivity contribution in [1.29, 1.82) is 0 Å². The lowest BCUT2D eigenvalue weighted by atomic mass is 10.3. The van der Waals surface area contributed by atoms with Crippen molar-refractivity contribution in [3.8, 4) is 0 Å². The minimum atomic E-state index is -0.188. The van der Waals surface area contributed by atoms with Gasteiger partial charge in [-0.25, -0.2) is 4.98 Å². The molecule has 84 valence electrons. The Morgan fingerprint density at radius 3 is 3.06 bits per heavy atom. The fourth-order valence-corrected chi connectivity index (χ4v) is 2.48. The lowest BCUT2D eigenvalue weighted by molar-refractivity contribution is -0.141. The quantitative estimate of drug-likeness (QED) is 0.785. The molecule has 0 aliphatic carbocycles. The van der Waals surface area contributed by atoms with Gasteiger partial charge in [0, 0.05) is 0 Å². The van der Waals surface area contributed by atoms with Gasteiger partial charge in [0.1, 0.15) is 11.6 Å². The van der Waals surface area contributed by atoms with Gasteiger partial charge in [0.2, 0.25) is 0 Å². The van der Waals surface area contributed by atoms with Crippen LogP contribution in [0, 0.1) is 0 Å². The molecular formula is C11H11NO2S2. The van der Waals surface area contributed by atoms with Gasteiger partial charge in [-0.3, -0.25) is 4.79 Å². The largest absolute Gasteiger partial charge is 0.458 e. The van der Waals surface area contributed by atoms with Crippen LogP contribution in [-0.2, 0) is 16.1 Å². The van der Waals surface area contributed by atoms with E-state index in [1.165, 1.54) is 11.8 Å². The Labute approximate surface area is 102 Å². The molecule has 16 heavy (non-hydrogen) atoms. The average Bonchev–Trinajstić information content (AvgIpc) is 2.69. The van der Waals surface area contributed by atoms with Crippen LogP contribution in [0.25, 0.3) is 10.2 Å². The number of esters is 1. The van der Waals surface area contributed by atoms with Gasteiger partial charge in [0.25, 0.3) is 0 Å². The van der Waals surface area contributed by atoms with E-state index >= 15 is 0 Å². The summed E-state index contributed by atoms with van der Waals surface area (Å²) in [7, 11) is 0. The molecule has 0 radical (unpaired) electrons. The molecule has 0 spiro atoms. The number of rotatable bonds is 4. The Morgan fingerprint density at radius 2 is 2.31 bits per heavy atom. The lowest BCUT2D eigenvalue weighted by Gasteiger charge is -1.99. The minimum Gasteiger partial charge on any atom is -0.458 e. The van der Waals surface area contributed by atoms with Crippen molar-refractivity contribution in [1.82, 2.24) is 4.98 Å². The summed E-state index contributed by atoms with van der Waals surface area (Å²) in [5, 5.41) is 0.843. The first-order valence-electron chi connectivity index (χ1n) is 4.78. The maximum Gasteiger partial charge on any atom is 0.316 e. The van der Waals surface area contributed by atoms with Crippen LogP contribution in [-0.4, -0.2) is 23.0 Å². The summed E-state index contributed by atoms with van der Waals surface area (Å²) in [6.45, 7) is 0.277. The second-order valence-electron chi connectivity index (χ2n) is 3.17. The van der Waals surface area contributed by atoms with Crippen LogP contribution in [0.1, 0.15) is 5.01 Å². The molecule has 1 heterocycles. The van der Waals surface area contributed by atoms with Crippen LogP contribution in [0.15, 0.2) is 24.3 Å². The molecule has 0 saturated heterocycles. The topological polar surface area (TPSA) is 39.2 Å². The molecule has 0 fully saturated rings. The van der Waals surface area contributed by atoms with Crippen molar-refractivity contribution in [2.75, 3.05) is 12.0 Å². The van der Waals surface area contributed by atoms with Gasteiger partial charge in [0.05, 0.1) is 16.0 Å². The van der Waals surface area contributed by atoms with E-state index in [2.05, 4.69) is 4.98 Å². The summed E-state index contributed by atoms with van der Waals surface area (Å²) in [5.41, 5.74) is 0.961. The zero-order chi connectivity index (χ0) is 11.4. The third-order valence-corrected chi connectivity index (χ3v) is 3.49. The standard InChI is InChI=1S/C11H11NO2S2/c1-15-7-11(13)14-6-10-12-8-4-2-3-5-9(8)16-10/h2-5H,6-7H2,1H3. The smallest absolute Gasteiger partial charge is 0.316 e. The number of hydrogen-bond donors (Lipinski definition) is 0. The van der Waals surface area contributed by atoms with E-state index in [1.54, 1.807) is 11.3 Å². The van der Waals surface area contributed by atoms with E-state index in [-0.39, 0.29) is 12.6 Å². The summed E-state index contributed by atoms with van der Waals surface area (Å²) in [5.74, 6) is 0.206. The number of para-hydroxylation sites is 1. The fourth-order valence-electron chi connectivity index (χ4n) is 1.28. The highest BCUT2D eigenvalue weighted by molar-refractivity contribution is 7.99. The van der Waals surface area contributed by atoms with E-state index in [0.717, 1.165) is 15.2 Å². The first-order valence-corrected chi connectivity index (χ1v) is 6.99. The number of carbonyl (C=O) groups excluding carboxylic acids is 1. The normalized spacial score (nSPS) is 10.6. The van der Waals surface area contributed by atoms with Crippen molar-refractivity contribution in [2.45, 2.75) is 6.61 Å². The predicted octanol–water partition coefficient (Wildman–Crippen LogP) is 2.70. The van der Waals surface area contributed by atoms with Gasteiger partial charge >= 0.3 is 5.97 Å². The molecule has 0 bridgehead atoms. The molecule has 0 aliphatic heterocycles. The Balaban J connectivity index is 2.02. The average molecular weight is 253 g/mol. The molecule has 0 atom stereocenters. The van der Waals surface area contributed by atoms with E-state index in [9.17, 15) is 4.79 Å². The number of ether oxygens (including phenoxy) is 1. The van der Waals surface area contributed by atoms with E-state index in [4.69, 9.17) is 4.74 Å². The molecule has 0 aliphatic rings. The number of thioether (sulfide) groups is 1. The van der Waals surface area contributed by atoms with Gasteiger partial charge in [0.15, 0.2) is 0 Å². The van der Waals surface area contributed by atoms with Gasteiger partial charge in [-0.1, -0.05) is 12.1 Å². The van der Waals surface area contributed by atoms with E-state index in [1.807, 2.05) is 30.5 Å². The summed E-state index contributed by atoms with van der Waals surface area (Å²) in [4.78, 5) is 15.5. The maximum atomic E-state index is 11.2. The van der Waals surface area contributed by atoms with E-state index in [0.29, 0.717) is 5.75 Å². The SMILES string of the molecule is CSCC(=O)OCc1nc2ccccc2s1. The van der Waals surface area contributed by atoms with Gasteiger partial charge in [-0.05, 0) is 18.4 Å². The number of aromatic nitrogens is 1. The third-order valence-electron chi connectivity index (χ3n) is 1.96. The second-order valence-corrected chi connectivity index (χ2v) is 5.15. The molecule has 1 aromatic carbocycles. The van der Waals surface area contributed by atoms with Crippen molar-refractivity contribution in [3.05, 3.63) is 29.3 Å². The highest BCUT2D eigenvalue weighted by atomic mass is 32.2. The minimum absolute atomic E-state index is 0.188. The van der Waals surface area contributed by atoms with Gasteiger partial charge in [-0.2, -0.15) is 11.8 Å². The first kappa shape index (κ1) is 11.4. The summed E-state index contributed by atoms with van der Waals surface area (Å²) >= 11 is 3.02. The summed E-state index contributed by atoms with van der Waals surface area (Å²) in [6, 6.07) is 7.90. The zero-order valence-corrected chi connectivity index (χ0v) is 10.4. The van der Waals surface area contributed by atoms with Crippen molar-refractivity contribution >= 4 is 39.3 Å². The fraction of sp³-hybridized carbons (Fsp3) is 0.273. The lowest BCUT2D eigenvalue weighted by Crippen LogP contribution is -2.06. The van der Waals surface area contributed by atoms with Crippen molar-refractivity contribution in [3.63, 3.8) is 0 Å². The molecule has 2 rings (SSSR count). The summed E-state index contributed by atoms with van der Waals surface area (Å²) < 4.78 is 6.21. The predicted molar refractivity (Wildman–Crippen MR) is 67.8 cm³/mol. The number of carbonyl (C=O) groups is 1. The molecule has 1 aromatic heterocycles. The van der Waals surface area contributed by atoms with Gasteiger partial charge < -0.3 is 4.74 Å². The van der Waals surface area contributed by atoms with Crippen LogP contribution < -0.4 is 0 Å². The monoisotopic (exact) mass is 253 g/mol. The molecule has 0 N–H and O–H groups in total. The molecule has 0 amide bonds. The summed E-state index contributed by atoms with van der Waals surface area (Å²) in [6.07, 6.45) is 1.87. The number of nitrogens with zero attached hydrogens (tertiary/aromatic N) is 1. The maximum absolute atomic E-state index is 11.2. The molecule has 5 heteroatoms. The highest BCUT2D eigenvalue weighted by Crippen LogP contribution is 2.21. The highest BCUT2D eigenvalue weighted by Gasteiger charge is 2.06. The number of fused-ring (bicyclic) bond motifs is 1. The molecule has 0 unspecified atom stereocenters. The number of benzene rings is 1.